The molecule has 12 N–H and O–H groups in total. The van der Waals surface area contributed by atoms with E-state index >= 15 is 0 Å². The lowest BCUT2D eigenvalue weighted by Gasteiger charge is -2.47. The van der Waals surface area contributed by atoms with E-state index in [1.165, 1.54) is 23.5 Å². The Morgan fingerprint density at radius 2 is 1.71 bits per heavy atom. The van der Waals surface area contributed by atoms with Crippen molar-refractivity contribution >= 4 is 63.9 Å². The molecule has 0 spiro atoms. The Morgan fingerprint density at radius 3 is 2.42 bits per heavy atom. The fraction of sp³-hybridized carbons (Fsp3) is 0.472. The van der Waals surface area contributed by atoms with E-state index < -0.39 is 83.5 Å². The van der Waals surface area contributed by atoms with E-state index in [4.69, 9.17) is 39.1 Å². The number of pyridine rings is 1. The topological polar surface area (TPSA) is 383 Å². The number of β-amino-alcohol motifs (C(OH)–C–C–N with tert-alkyl or cyclic N) is 1. The molecular formula is C53H68N16O9S. The number of aliphatic hydroxyl groups is 2. The van der Waals surface area contributed by atoms with Gasteiger partial charge in [0.1, 0.15) is 23.5 Å². The van der Waals surface area contributed by atoms with Crippen LogP contribution in [0.15, 0.2) is 94.0 Å². The number of aromatic amines is 3. The number of para-hydroxylation sites is 1. The van der Waals surface area contributed by atoms with Gasteiger partial charge in [-0.1, -0.05) is 91.2 Å². The van der Waals surface area contributed by atoms with Crippen molar-refractivity contribution in [3.63, 3.8) is 0 Å². The summed E-state index contributed by atoms with van der Waals surface area (Å²) < 4.78 is 7.13. The molecule has 2 saturated heterocycles. The predicted octanol–water partition coefficient (Wildman–Crippen LogP) is 3.49. The van der Waals surface area contributed by atoms with Crippen LogP contribution in [-0.4, -0.2) is 135 Å². The van der Waals surface area contributed by atoms with Gasteiger partial charge in [-0.15, -0.1) is 0 Å². The number of anilines is 1. The summed E-state index contributed by atoms with van der Waals surface area (Å²) in [6, 6.07) is 17.1. The second-order valence-electron chi connectivity index (χ2n) is 21.1. The molecule has 6 aromatic rings. The average molecular weight is 1110 g/mol. The predicted molar refractivity (Wildman–Crippen MR) is 296 cm³/mol. The zero-order valence-electron chi connectivity index (χ0n) is 44.4. The minimum atomic E-state index is -1.30. The number of nitrogens with zero attached hydrogens (tertiary/aromatic N) is 8. The number of aromatic nitrogens is 7. The zero-order valence-corrected chi connectivity index (χ0v) is 45.2. The number of fused-ring (bicyclic) bond motifs is 3. The number of benzene rings is 2. The maximum atomic E-state index is 13.8. The summed E-state index contributed by atoms with van der Waals surface area (Å²) in [6.45, 7) is 7.98. The number of piperidine rings is 1. The summed E-state index contributed by atoms with van der Waals surface area (Å²) in [5.41, 5.74) is 21.2. The summed E-state index contributed by atoms with van der Waals surface area (Å²) in [5.74, 6) is -0.909. The fourth-order valence-electron chi connectivity index (χ4n) is 10.2. The standard InChI is InChI=1S/C38H50N6O5.C10H13N5O4.C5H5N5S/c1-38(2,3)43-37(49)32-20-26-14-7-8-15-27(26)22-44(32)23-33(45)30(19-24-11-5-4-6-12-24)41-36(48)31(21-34(39)46)42-35(47)29-18-17-25-13-9-10-16-28(25)40-29;1-5-3-15(10(18)12-9(5)17)8-2-6(13-14-11)7(4-16)19-8;6-5-9-3-2(4(11)10-5)7-1-8-3/h4-6,9-13,16-18,26-27,30-33,45H,7-8,14-15,19-23H2,1-3H3,(H2,39,46)(H,41,48)(H,42,47)(H,43,49);3,6-8,16H,2,4H2,1H3,(H,12,17,18);1H,(H4,6,7,8,9,10,11)/t26-,27+,30-,31-,32-,33+;6-,7+,8+;/m00./s1. The number of aliphatic hydroxyl groups excluding tert-OH is 2. The first-order chi connectivity index (χ1) is 37.7. The molecule has 3 aliphatic rings. The second kappa shape index (κ2) is 26.7. The highest BCUT2D eigenvalue weighted by molar-refractivity contribution is 7.71. The fourth-order valence-corrected chi connectivity index (χ4v) is 10.4. The van der Waals surface area contributed by atoms with Crippen LogP contribution in [0.4, 0.5) is 5.95 Å². The van der Waals surface area contributed by atoms with Crippen molar-refractivity contribution in [2.24, 2.45) is 22.7 Å². The van der Waals surface area contributed by atoms with Crippen LogP contribution in [-0.2, 0) is 25.5 Å². The van der Waals surface area contributed by atoms with Crippen LogP contribution in [0.5, 0.6) is 0 Å². The quantitative estimate of drug-likeness (QED) is 0.0305. The smallest absolute Gasteiger partial charge is 0.330 e. The van der Waals surface area contributed by atoms with Crippen molar-refractivity contribution in [1.82, 2.24) is 55.3 Å². The number of hydrogen-bond donors (Lipinski definition) is 10. The Bertz CT molecular complexity index is 3340. The van der Waals surface area contributed by atoms with Crippen molar-refractivity contribution in [3.8, 4) is 0 Å². The molecule has 0 bridgehead atoms. The number of carbonyl (C=O) groups is 4. The number of nitrogen functional groups attached to an aromatic ring is 1. The van der Waals surface area contributed by atoms with Gasteiger partial charge in [0.25, 0.3) is 11.5 Å². The summed E-state index contributed by atoms with van der Waals surface area (Å²) >= 11 is 4.91. The number of ether oxygens (including phenoxy) is 1. The van der Waals surface area contributed by atoms with Gasteiger partial charge in [-0.2, -0.15) is 0 Å². The number of likely N-dealkylation sites (tertiary alicyclic amines) is 1. The molecule has 4 amide bonds. The van der Waals surface area contributed by atoms with E-state index in [1.54, 1.807) is 25.1 Å². The summed E-state index contributed by atoms with van der Waals surface area (Å²) in [7, 11) is 0. The van der Waals surface area contributed by atoms with Crippen LogP contribution in [0.2, 0.25) is 0 Å². The van der Waals surface area contributed by atoms with E-state index in [-0.39, 0.29) is 43.5 Å². The lowest BCUT2D eigenvalue weighted by Crippen LogP contribution is -2.61. The van der Waals surface area contributed by atoms with Crippen molar-refractivity contribution in [2.45, 2.75) is 127 Å². The van der Waals surface area contributed by atoms with Gasteiger partial charge in [-0.25, -0.2) is 19.7 Å². The lowest BCUT2D eigenvalue weighted by atomic mass is 9.72. The molecule has 6 heterocycles. The van der Waals surface area contributed by atoms with E-state index in [0.29, 0.717) is 45.3 Å². The number of primary amides is 1. The van der Waals surface area contributed by atoms with Gasteiger partial charge >= 0.3 is 5.69 Å². The first kappa shape index (κ1) is 58.8. The highest BCUT2D eigenvalue weighted by atomic mass is 32.1. The van der Waals surface area contributed by atoms with Gasteiger partial charge in [-0.05, 0) is 82.0 Å². The largest absolute Gasteiger partial charge is 0.394 e. The first-order valence-electron chi connectivity index (χ1n) is 26.0. The highest BCUT2D eigenvalue weighted by Crippen LogP contribution is 2.39. The summed E-state index contributed by atoms with van der Waals surface area (Å²) in [4.78, 5) is 101. The number of amides is 4. The Hall–Kier alpha value is -7.87. The summed E-state index contributed by atoms with van der Waals surface area (Å²) in [6.07, 6.45) is 5.90. The summed E-state index contributed by atoms with van der Waals surface area (Å²) in [5, 5.41) is 34.1. The SMILES string of the molecule is CC(C)(C)NC(=O)[C@@H]1C[C@@H]2CCCC[C@@H]2CN1C[C@@H](O)[C@H](Cc1ccccc1)NC(=O)[C@H](CC(N)=O)NC(=O)c1ccc2ccccc2n1.Cc1cn([C@H]2C[C@H](N=[N+]=[N-])[C@@H](CO)O2)c(=O)[nH]c1=O.Nc1nc(=S)c2[nH]cnc2[nH]1. The Morgan fingerprint density at radius 1 is 0.987 bits per heavy atom. The molecule has 4 aromatic heterocycles. The third-order valence-electron chi connectivity index (χ3n) is 14.0. The number of hydrogen-bond acceptors (Lipinski definition) is 16. The maximum Gasteiger partial charge on any atom is 0.330 e. The Labute approximate surface area is 459 Å². The van der Waals surface area contributed by atoms with Crippen LogP contribution >= 0.6 is 12.2 Å². The average Bonchev–Trinajstić information content (AvgIpc) is 4.08. The molecule has 25 nitrogen and oxygen atoms in total. The molecule has 9 rings (SSSR count). The van der Waals surface area contributed by atoms with Gasteiger partial charge in [0.15, 0.2) is 10.3 Å². The van der Waals surface area contributed by atoms with Gasteiger partial charge in [-0.3, -0.25) is 38.4 Å². The van der Waals surface area contributed by atoms with Gasteiger partial charge in [0.05, 0.1) is 55.2 Å². The minimum absolute atomic E-state index is 0.0566. The van der Waals surface area contributed by atoms with E-state index in [1.807, 2.05) is 69.3 Å². The first-order valence-corrected chi connectivity index (χ1v) is 26.5. The zero-order chi connectivity index (χ0) is 57.0. The molecule has 26 heteroatoms. The molecule has 0 unspecified atom stereocenters. The van der Waals surface area contributed by atoms with Crippen LogP contribution < -0.4 is 38.7 Å². The van der Waals surface area contributed by atoms with Crippen LogP contribution in [0.1, 0.15) is 93.6 Å². The molecule has 79 heavy (non-hydrogen) atoms. The van der Waals surface area contributed by atoms with Crippen LogP contribution in [0.25, 0.3) is 32.5 Å². The van der Waals surface area contributed by atoms with Gasteiger partial charge in [0, 0.05) is 47.1 Å². The maximum absolute atomic E-state index is 13.8. The van der Waals surface area contributed by atoms with Crippen LogP contribution in [0.3, 0.4) is 0 Å². The molecule has 0 radical (unpaired) electrons. The molecule has 2 aliphatic heterocycles. The monoisotopic (exact) mass is 1100 g/mol. The third kappa shape index (κ3) is 15.9. The highest BCUT2D eigenvalue weighted by Gasteiger charge is 2.42. The molecule has 9 atom stereocenters. The van der Waals surface area contributed by atoms with Crippen molar-refractivity contribution in [2.75, 3.05) is 25.4 Å². The van der Waals surface area contributed by atoms with Crippen molar-refractivity contribution in [1.29, 1.82) is 0 Å². The molecular weight excluding hydrogens is 1040 g/mol. The molecule has 3 fully saturated rings. The van der Waals surface area contributed by atoms with Crippen molar-refractivity contribution in [3.05, 3.63) is 132 Å². The van der Waals surface area contributed by atoms with Crippen molar-refractivity contribution < 1.29 is 34.1 Å². The van der Waals surface area contributed by atoms with E-state index in [9.17, 15) is 33.9 Å². The van der Waals surface area contributed by atoms with Gasteiger partial charge < -0.3 is 52.3 Å². The Kier molecular flexibility index (Phi) is 19.8. The number of rotatable bonds is 15. The molecule has 1 saturated carbocycles. The minimum Gasteiger partial charge on any atom is -0.394 e. The number of carbonyl (C=O) groups excluding carboxylic acids is 4. The van der Waals surface area contributed by atoms with E-state index in [2.05, 4.69) is 60.8 Å². The normalized spacial score (nSPS) is 21.1. The number of aryl methyl sites for hydroxylation is 1. The Balaban J connectivity index is 0.000000242. The number of azide groups is 1. The molecule has 1 aliphatic carbocycles. The number of imidazole rings is 1. The molecule has 2 aromatic carbocycles. The van der Waals surface area contributed by atoms with E-state index in [0.717, 1.165) is 36.6 Å². The van der Waals surface area contributed by atoms with Crippen LogP contribution in [0, 0.1) is 23.4 Å². The number of nitrogens with one attached hydrogen (secondary N) is 6. The lowest BCUT2D eigenvalue weighted by molar-refractivity contribution is -0.133. The second-order valence-corrected chi connectivity index (χ2v) is 21.4. The number of H-pyrrole nitrogens is 3. The number of nitrogens with two attached hydrogens (primary N) is 2. The molecule has 420 valence electrons. The van der Waals surface area contributed by atoms with Gasteiger partial charge in [0.2, 0.25) is 23.7 Å². The third-order valence-corrected chi connectivity index (χ3v) is 14.3.